The minimum atomic E-state index is -1.05. The standard InChI is InChI=1S/C21H24ClN3O8/c22-5-6-31-7-8-32-9-10-33-12-18(27)23-13-1-2-14-15(11-13)21(30)25(20(14)29)16-3-4-17(26)24-19(16)28/h1-2,11,16H,3-10,12H2,(H,23,27)(H,24,26,28). The van der Waals surface area contributed by atoms with Crippen LogP contribution >= 0.6 is 11.6 Å². The van der Waals surface area contributed by atoms with Crippen molar-refractivity contribution in [2.75, 3.05) is 50.8 Å². The van der Waals surface area contributed by atoms with Crippen molar-refractivity contribution >= 4 is 46.8 Å². The number of fused-ring (bicyclic) bond motifs is 1. The van der Waals surface area contributed by atoms with Gasteiger partial charge in [-0.3, -0.25) is 34.2 Å². The lowest BCUT2D eigenvalue weighted by atomic mass is 10.0. The van der Waals surface area contributed by atoms with Gasteiger partial charge in [0, 0.05) is 18.0 Å². The second kappa shape index (κ2) is 11.8. The van der Waals surface area contributed by atoms with Gasteiger partial charge in [0.05, 0.1) is 44.2 Å². The molecule has 178 valence electrons. The summed E-state index contributed by atoms with van der Waals surface area (Å²) in [4.78, 5) is 61.9. The number of piperidine rings is 1. The van der Waals surface area contributed by atoms with Crippen LogP contribution in [0.2, 0.25) is 0 Å². The minimum Gasteiger partial charge on any atom is -0.378 e. The van der Waals surface area contributed by atoms with Crippen LogP contribution in [-0.2, 0) is 28.6 Å². The SMILES string of the molecule is O=C1CCC(N2C(=O)c3ccc(NC(=O)COCCOCCOCCCl)cc3C2=O)C(=O)N1. The highest BCUT2D eigenvalue weighted by molar-refractivity contribution is 6.24. The van der Waals surface area contributed by atoms with Gasteiger partial charge >= 0.3 is 0 Å². The van der Waals surface area contributed by atoms with Crippen molar-refractivity contribution in [2.24, 2.45) is 0 Å². The lowest BCUT2D eigenvalue weighted by molar-refractivity contribution is -0.136. The number of nitrogens with zero attached hydrogens (tertiary/aromatic N) is 1. The number of ether oxygens (including phenoxy) is 3. The van der Waals surface area contributed by atoms with E-state index in [-0.39, 0.29) is 37.2 Å². The van der Waals surface area contributed by atoms with Gasteiger partial charge < -0.3 is 19.5 Å². The predicted molar refractivity (Wildman–Crippen MR) is 115 cm³/mol. The first-order valence-electron chi connectivity index (χ1n) is 10.4. The number of nitrogens with one attached hydrogen (secondary N) is 2. The molecule has 2 aliphatic heterocycles. The van der Waals surface area contributed by atoms with E-state index in [4.69, 9.17) is 25.8 Å². The number of hydrogen-bond acceptors (Lipinski definition) is 8. The Labute approximate surface area is 194 Å². The van der Waals surface area contributed by atoms with Gasteiger partial charge in [-0.15, -0.1) is 11.6 Å². The maximum atomic E-state index is 12.8. The summed E-state index contributed by atoms with van der Waals surface area (Å²) >= 11 is 5.48. The molecule has 0 bridgehead atoms. The van der Waals surface area contributed by atoms with Crippen LogP contribution in [0.5, 0.6) is 0 Å². The van der Waals surface area contributed by atoms with Crippen molar-refractivity contribution in [3.63, 3.8) is 0 Å². The van der Waals surface area contributed by atoms with Crippen LogP contribution in [0.15, 0.2) is 18.2 Å². The summed E-state index contributed by atoms with van der Waals surface area (Å²) in [6.07, 6.45) is 0.110. The molecule has 33 heavy (non-hydrogen) atoms. The van der Waals surface area contributed by atoms with Crippen molar-refractivity contribution < 1.29 is 38.2 Å². The van der Waals surface area contributed by atoms with Gasteiger partial charge in [-0.05, 0) is 24.6 Å². The summed E-state index contributed by atoms with van der Waals surface area (Å²) in [6.45, 7) is 1.56. The average Bonchev–Trinajstić information content (AvgIpc) is 3.02. The molecular formula is C21H24ClN3O8. The molecule has 11 nitrogen and oxygen atoms in total. The van der Waals surface area contributed by atoms with Gasteiger partial charge in [-0.1, -0.05) is 0 Å². The van der Waals surface area contributed by atoms with Crippen molar-refractivity contribution in [2.45, 2.75) is 18.9 Å². The highest BCUT2D eigenvalue weighted by Crippen LogP contribution is 2.29. The number of halogens is 1. The molecule has 0 radical (unpaired) electrons. The zero-order chi connectivity index (χ0) is 23.8. The van der Waals surface area contributed by atoms with Crippen molar-refractivity contribution in [3.8, 4) is 0 Å². The Morgan fingerprint density at radius 2 is 1.67 bits per heavy atom. The Balaban J connectivity index is 1.47. The van der Waals surface area contributed by atoms with E-state index >= 15 is 0 Å². The summed E-state index contributed by atoms with van der Waals surface area (Å²) < 4.78 is 15.7. The van der Waals surface area contributed by atoms with Crippen LogP contribution in [0.3, 0.4) is 0 Å². The Kier molecular flexibility index (Phi) is 8.89. The van der Waals surface area contributed by atoms with Crippen LogP contribution < -0.4 is 10.6 Å². The highest BCUT2D eigenvalue weighted by Gasteiger charge is 2.44. The molecule has 1 aromatic rings. The van der Waals surface area contributed by atoms with E-state index in [9.17, 15) is 24.0 Å². The fraction of sp³-hybridized carbons (Fsp3) is 0.476. The normalized spacial score (nSPS) is 17.8. The number of carbonyl (C=O) groups excluding carboxylic acids is 5. The number of carbonyl (C=O) groups is 5. The first-order valence-corrected chi connectivity index (χ1v) is 10.9. The summed E-state index contributed by atoms with van der Waals surface area (Å²) in [5.74, 6) is -2.41. The van der Waals surface area contributed by atoms with Crippen LogP contribution in [0.4, 0.5) is 5.69 Å². The zero-order valence-corrected chi connectivity index (χ0v) is 18.5. The molecule has 0 saturated carbocycles. The van der Waals surface area contributed by atoms with Gasteiger partial charge in [-0.25, -0.2) is 0 Å². The van der Waals surface area contributed by atoms with E-state index in [2.05, 4.69) is 10.6 Å². The molecule has 3 rings (SSSR count). The third kappa shape index (κ3) is 6.35. The third-order valence-electron chi connectivity index (χ3n) is 4.92. The van der Waals surface area contributed by atoms with Crippen molar-refractivity contribution in [3.05, 3.63) is 29.3 Å². The second-order valence-corrected chi connectivity index (χ2v) is 7.60. The summed E-state index contributed by atoms with van der Waals surface area (Å²) in [7, 11) is 0. The Hall–Kier alpha value is -2.86. The lowest BCUT2D eigenvalue weighted by Crippen LogP contribution is -2.54. The summed E-state index contributed by atoms with van der Waals surface area (Å²) in [5.41, 5.74) is 0.514. The minimum absolute atomic E-state index is 0.0397. The number of benzene rings is 1. The fourth-order valence-electron chi connectivity index (χ4n) is 3.41. The van der Waals surface area contributed by atoms with Crippen LogP contribution in [0, 0.1) is 0 Å². The Morgan fingerprint density at radius 3 is 2.36 bits per heavy atom. The monoisotopic (exact) mass is 481 g/mol. The largest absolute Gasteiger partial charge is 0.378 e. The van der Waals surface area contributed by atoms with E-state index < -0.39 is 35.6 Å². The number of anilines is 1. The molecule has 0 spiro atoms. The van der Waals surface area contributed by atoms with E-state index in [1.807, 2.05) is 0 Å². The molecule has 2 N–H and O–H groups in total. The average molecular weight is 482 g/mol. The van der Waals surface area contributed by atoms with Crippen LogP contribution in [-0.4, -0.2) is 86.0 Å². The predicted octanol–water partition coefficient (Wildman–Crippen LogP) is 0.315. The fourth-order valence-corrected chi connectivity index (χ4v) is 3.51. The van der Waals surface area contributed by atoms with E-state index in [1.54, 1.807) is 0 Å². The van der Waals surface area contributed by atoms with Gasteiger partial charge in [0.15, 0.2) is 0 Å². The van der Waals surface area contributed by atoms with Crippen LogP contribution in [0.1, 0.15) is 33.6 Å². The molecule has 2 heterocycles. The second-order valence-electron chi connectivity index (χ2n) is 7.22. The molecule has 5 amide bonds. The molecule has 1 saturated heterocycles. The number of rotatable bonds is 12. The molecule has 1 fully saturated rings. The van der Waals surface area contributed by atoms with Gasteiger partial charge in [-0.2, -0.15) is 0 Å². The highest BCUT2D eigenvalue weighted by atomic mass is 35.5. The Bertz CT molecular complexity index is 938. The van der Waals surface area contributed by atoms with E-state index in [0.717, 1.165) is 4.90 Å². The third-order valence-corrected chi connectivity index (χ3v) is 5.08. The zero-order valence-electron chi connectivity index (χ0n) is 17.8. The molecule has 0 aliphatic carbocycles. The number of amides is 5. The van der Waals surface area contributed by atoms with E-state index in [0.29, 0.717) is 38.0 Å². The summed E-state index contributed by atoms with van der Waals surface area (Å²) in [6, 6.07) is 3.23. The lowest BCUT2D eigenvalue weighted by Gasteiger charge is -2.27. The van der Waals surface area contributed by atoms with Crippen LogP contribution in [0.25, 0.3) is 0 Å². The maximum Gasteiger partial charge on any atom is 0.262 e. The van der Waals surface area contributed by atoms with Gasteiger partial charge in [0.1, 0.15) is 12.6 Å². The Morgan fingerprint density at radius 1 is 1.00 bits per heavy atom. The molecule has 0 aromatic heterocycles. The molecule has 2 aliphatic rings. The topological polar surface area (TPSA) is 140 Å². The van der Waals surface area contributed by atoms with E-state index in [1.165, 1.54) is 18.2 Å². The van der Waals surface area contributed by atoms with Crippen molar-refractivity contribution in [1.29, 1.82) is 0 Å². The maximum absolute atomic E-state index is 12.8. The number of alkyl halides is 1. The smallest absolute Gasteiger partial charge is 0.262 e. The number of imide groups is 2. The molecule has 1 aromatic carbocycles. The molecular weight excluding hydrogens is 458 g/mol. The first kappa shape index (κ1) is 24.8. The van der Waals surface area contributed by atoms with Gasteiger partial charge in [0.25, 0.3) is 11.8 Å². The molecule has 1 unspecified atom stereocenters. The number of hydrogen-bond donors (Lipinski definition) is 2. The molecule has 12 heteroatoms. The van der Waals surface area contributed by atoms with Gasteiger partial charge in [0.2, 0.25) is 17.7 Å². The van der Waals surface area contributed by atoms with Crippen molar-refractivity contribution in [1.82, 2.24) is 10.2 Å². The quantitative estimate of drug-likeness (QED) is 0.247. The molecule has 1 atom stereocenters. The first-order chi connectivity index (χ1) is 15.9. The summed E-state index contributed by atoms with van der Waals surface area (Å²) in [5, 5.41) is 4.74.